The van der Waals surface area contributed by atoms with Crippen molar-refractivity contribution in [2.45, 2.75) is 19.2 Å². The second-order valence-electron chi connectivity index (χ2n) is 4.82. The summed E-state index contributed by atoms with van der Waals surface area (Å²) in [5, 5.41) is 17.1. The Morgan fingerprint density at radius 3 is 2.30 bits per heavy atom. The Morgan fingerprint density at radius 1 is 1.09 bits per heavy atom. The van der Waals surface area contributed by atoms with Crippen LogP contribution in [0.15, 0.2) is 39.4 Å². The summed E-state index contributed by atoms with van der Waals surface area (Å²) in [6.07, 6.45) is -5.72. The lowest BCUT2D eigenvalue weighted by Crippen LogP contribution is -2.04. The molecule has 0 aliphatic carbocycles. The first-order valence-corrected chi connectivity index (χ1v) is 6.47. The molecule has 2 aromatic heterocycles. The summed E-state index contributed by atoms with van der Waals surface area (Å²) in [4.78, 5) is 3.29. The molecule has 0 aliphatic rings. The molecular weight excluding hydrogens is 315 g/mol. The van der Waals surface area contributed by atoms with Crippen molar-refractivity contribution in [3.8, 4) is 11.4 Å². The van der Waals surface area contributed by atoms with Crippen molar-refractivity contribution in [1.82, 2.24) is 15.3 Å². The molecule has 6 nitrogen and oxygen atoms in total. The molecule has 9 heteroatoms. The van der Waals surface area contributed by atoms with Gasteiger partial charge >= 0.3 is 12.1 Å². The minimum absolute atomic E-state index is 0.186. The summed E-state index contributed by atoms with van der Waals surface area (Å²) in [5.74, 6) is -1.32. The van der Waals surface area contributed by atoms with E-state index in [9.17, 15) is 18.3 Å². The maximum atomic E-state index is 12.4. The van der Waals surface area contributed by atoms with E-state index in [-0.39, 0.29) is 11.6 Å². The highest BCUT2D eigenvalue weighted by molar-refractivity contribution is 5.55. The summed E-state index contributed by atoms with van der Waals surface area (Å²) in [7, 11) is 0. The van der Waals surface area contributed by atoms with E-state index in [4.69, 9.17) is 4.52 Å². The van der Waals surface area contributed by atoms with Crippen LogP contribution in [0.4, 0.5) is 13.2 Å². The Balaban J connectivity index is 1.83. The van der Waals surface area contributed by atoms with Crippen molar-refractivity contribution in [1.29, 1.82) is 0 Å². The number of rotatable bonds is 3. The van der Waals surface area contributed by atoms with Crippen LogP contribution in [-0.2, 0) is 6.18 Å². The van der Waals surface area contributed by atoms with Crippen LogP contribution < -0.4 is 0 Å². The first-order valence-electron chi connectivity index (χ1n) is 6.47. The van der Waals surface area contributed by atoms with Gasteiger partial charge in [0.05, 0.1) is 5.69 Å². The molecule has 2 heterocycles. The number of hydrogen-bond acceptors (Lipinski definition) is 6. The zero-order chi connectivity index (χ0) is 16.6. The van der Waals surface area contributed by atoms with Gasteiger partial charge in [-0.1, -0.05) is 34.6 Å². The molecule has 0 saturated heterocycles. The lowest BCUT2D eigenvalue weighted by Gasteiger charge is -2.07. The van der Waals surface area contributed by atoms with Crippen LogP contribution in [0, 0.1) is 6.92 Å². The van der Waals surface area contributed by atoms with E-state index in [1.54, 1.807) is 13.0 Å². The maximum absolute atomic E-state index is 12.4. The fourth-order valence-corrected chi connectivity index (χ4v) is 1.95. The van der Waals surface area contributed by atoms with Gasteiger partial charge in [-0.2, -0.15) is 18.2 Å². The number of nitrogens with zero attached hydrogens (tertiary/aromatic N) is 3. The molecule has 1 N–H and O–H groups in total. The maximum Gasteiger partial charge on any atom is 0.471 e. The van der Waals surface area contributed by atoms with Gasteiger partial charge in [0.15, 0.2) is 5.76 Å². The molecule has 0 aliphatic heterocycles. The molecule has 0 fully saturated rings. The SMILES string of the molecule is Cc1cc([C@@H](O)c2ccc(-c3noc(C(F)(F)F)n3)cc2)on1. The van der Waals surface area contributed by atoms with Crippen LogP contribution in [0.1, 0.15) is 29.0 Å². The van der Waals surface area contributed by atoms with Crippen LogP contribution in [0.3, 0.4) is 0 Å². The standard InChI is InChI=1S/C14H10F3N3O3/c1-7-6-10(22-19-7)11(21)8-2-4-9(5-3-8)12-18-13(23-20-12)14(15,16)17/h2-6,11,21H,1H3/t11-/m0/s1. The Bertz CT molecular complexity index is 809. The number of benzene rings is 1. The number of hydrogen-bond donors (Lipinski definition) is 1. The Labute approximate surface area is 127 Å². The summed E-state index contributed by atoms with van der Waals surface area (Å²) in [5.41, 5.74) is 1.44. The first-order chi connectivity index (χ1) is 10.8. The molecule has 120 valence electrons. The summed E-state index contributed by atoms with van der Waals surface area (Å²) in [6.45, 7) is 1.72. The highest BCUT2D eigenvalue weighted by Gasteiger charge is 2.38. The molecule has 1 atom stereocenters. The van der Waals surface area contributed by atoms with Crippen molar-refractivity contribution < 1.29 is 27.3 Å². The van der Waals surface area contributed by atoms with Crippen molar-refractivity contribution in [2.75, 3.05) is 0 Å². The van der Waals surface area contributed by atoms with Crippen molar-refractivity contribution in [2.24, 2.45) is 0 Å². The van der Waals surface area contributed by atoms with Gasteiger partial charge in [-0.05, 0) is 12.5 Å². The number of alkyl halides is 3. The van der Waals surface area contributed by atoms with E-state index in [1.165, 1.54) is 24.3 Å². The lowest BCUT2D eigenvalue weighted by molar-refractivity contribution is -0.159. The average molecular weight is 325 g/mol. The molecule has 0 amide bonds. The van der Waals surface area contributed by atoms with E-state index >= 15 is 0 Å². The van der Waals surface area contributed by atoms with Gasteiger partial charge in [0.25, 0.3) is 0 Å². The smallest absolute Gasteiger partial charge is 0.380 e. The fourth-order valence-electron chi connectivity index (χ4n) is 1.95. The summed E-state index contributed by atoms with van der Waals surface area (Å²) in [6, 6.07) is 7.61. The normalized spacial score (nSPS) is 13.3. The molecule has 3 aromatic rings. The van der Waals surface area contributed by atoms with Crippen LogP contribution in [0.5, 0.6) is 0 Å². The molecule has 0 bridgehead atoms. The van der Waals surface area contributed by atoms with Gasteiger partial charge in [0.2, 0.25) is 5.82 Å². The molecule has 0 saturated carbocycles. The fraction of sp³-hybridized carbons (Fsp3) is 0.214. The van der Waals surface area contributed by atoms with E-state index in [2.05, 4.69) is 19.8 Å². The van der Waals surface area contributed by atoms with E-state index < -0.39 is 18.2 Å². The summed E-state index contributed by atoms with van der Waals surface area (Å²) < 4.78 is 46.4. The third-order valence-corrected chi connectivity index (χ3v) is 3.07. The van der Waals surface area contributed by atoms with Gasteiger partial charge in [0.1, 0.15) is 6.10 Å². The van der Waals surface area contributed by atoms with Gasteiger partial charge in [-0.3, -0.25) is 0 Å². The topological polar surface area (TPSA) is 85.2 Å². The van der Waals surface area contributed by atoms with Gasteiger partial charge in [-0.15, -0.1) is 0 Å². The third-order valence-electron chi connectivity index (χ3n) is 3.07. The van der Waals surface area contributed by atoms with Crippen molar-refractivity contribution in [3.05, 3.63) is 53.2 Å². The molecule has 0 spiro atoms. The second kappa shape index (κ2) is 5.51. The van der Waals surface area contributed by atoms with Gasteiger partial charge in [-0.25, -0.2) is 0 Å². The van der Waals surface area contributed by atoms with Crippen LogP contribution in [-0.4, -0.2) is 20.4 Å². The van der Waals surface area contributed by atoms with E-state index in [0.29, 0.717) is 16.8 Å². The minimum atomic E-state index is -4.69. The Hall–Kier alpha value is -2.68. The Morgan fingerprint density at radius 2 is 1.78 bits per heavy atom. The predicted octanol–water partition coefficient (Wildman–Crippen LogP) is 3.13. The monoisotopic (exact) mass is 325 g/mol. The molecule has 23 heavy (non-hydrogen) atoms. The minimum Gasteiger partial charge on any atom is -0.380 e. The van der Waals surface area contributed by atoms with E-state index in [0.717, 1.165) is 0 Å². The third kappa shape index (κ3) is 3.09. The largest absolute Gasteiger partial charge is 0.471 e. The van der Waals surface area contributed by atoms with E-state index in [1.807, 2.05) is 0 Å². The quantitative estimate of drug-likeness (QED) is 0.796. The molecule has 0 unspecified atom stereocenters. The molecule has 0 radical (unpaired) electrons. The number of aliphatic hydroxyl groups is 1. The zero-order valence-electron chi connectivity index (χ0n) is 11.7. The van der Waals surface area contributed by atoms with Gasteiger partial charge in [0, 0.05) is 11.6 Å². The predicted molar refractivity (Wildman–Crippen MR) is 70.0 cm³/mol. The first kappa shape index (κ1) is 15.2. The number of aliphatic hydroxyl groups excluding tert-OH is 1. The van der Waals surface area contributed by atoms with Crippen LogP contribution in [0.25, 0.3) is 11.4 Å². The summed E-state index contributed by atoms with van der Waals surface area (Å²) >= 11 is 0. The zero-order valence-corrected chi connectivity index (χ0v) is 11.7. The molecule has 1 aromatic carbocycles. The van der Waals surface area contributed by atoms with Crippen LogP contribution in [0.2, 0.25) is 0 Å². The highest BCUT2D eigenvalue weighted by Crippen LogP contribution is 2.30. The number of aryl methyl sites for hydroxylation is 1. The van der Waals surface area contributed by atoms with Crippen molar-refractivity contribution in [3.63, 3.8) is 0 Å². The molecule has 3 rings (SSSR count). The Kier molecular flexibility index (Phi) is 3.64. The second-order valence-corrected chi connectivity index (χ2v) is 4.82. The van der Waals surface area contributed by atoms with Crippen molar-refractivity contribution >= 4 is 0 Å². The lowest BCUT2D eigenvalue weighted by atomic mass is 10.0. The average Bonchev–Trinajstić information content (AvgIpc) is 3.15. The number of aromatic nitrogens is 3. The number of halogens is 3. The highest BCUT2D eigenvalue weighted by atomic mass is 19.4. The van der Waals surface area contributed by atoms with Crippen LogP contribution >= 0.6 is 0 Å². The molecular formula is C14H10F3N3O3. The van der Waals surface area contributed by atoms with Gasteiger partial charge < -0.3 is 14.2 Å².